The molecule has 0 saturated carbocycles. The predicted molar refractivity (Wildman–Crippen MR) is 157 cm³/mol. The van der Waals surface area contributed by atoms with Crippen LogP contribution in [0.3, 0.4) is 0 Å². The molecule has 206 valence electrons. The number of amides is 1. The van der Waals surface area contributed by atoms with Crippen molar-refractivity contribution in [1.29, 1.82) is 0 Å². The highest BCUT2D eigenvalue weighted by atomic mass is 79.9. The van der Waals surface area contributed by atoms with Crippen molar-refractivity contribution in [1.82, 2.24) is 9.66 Å². The molecule has 1 aromatic heterocycles. The molecule has 4 aromatic rings. The first-order chi connectivity index (χ1) is 19.1. The number of benzene rings is 3. The number of nitro benzene ring substituents is 1. The molecule has 0 fully saturated rings. The van der Waals surface area contributed by atoms with Gasteiger partial charge in [-0.05, 0) is 58.7 Å². The van der Waals surface area contributed by atoms with Gasteiger partial charge >= 0.3 is 5.69 Å². The van der Waals surface area contributed by atoms with E-state index in [1.54, 1.807) is 24.3 Å². The van der Waals surface area contributed by atoms with Crippen molar-refractivity contribution < 1.29 is 18.8 Å². The normalized spacial score (nSPS) is 12.0. The van der Waals surface area contributed by atoms with Crippen molar-refractivity contribution >= 4 is 66.3 Å². The molecule has 0 radical (unpaired) electrons. The maximum absolute atomic E-state index is 13.8. The van der Waals surface area contributed by atoms with Crippen LogP contribution in [0, 0.1) is 15.9 Å². The van der Waals surface area contributed by atoms with E-state index >= 15 is 0 Å². The number of ether oxygens (including phenoxy) is 1. The zero-order valence-electron chi connectivity index (χ0n) is 21.2. The monoisotopic (exact) mass is 673 g/mol. The Morgan fingerprint density at radius 3 is 2.70 bits per heavy atom. The molecule has 1 heterocycles. The number of carbonyl (C=O) groups excluding carboxylic acids is 1. The Morgan fingerprint density at radius 2 is 2.00 bits per heavy atom. The third-order valence-corrected chi connectivity index (χ3v) is 7.03. The third kappa shape index (κ3) is 6.42. The first-order valence-corrected chi connectivity index (χ1v) is 13.6. The molecule has 40 heavy (non-hydrogen) atoms. The molecular weight excluding hydrogens is 653 g/mol. The molecule has 0 bridgehead atoms. The maximum atomic E-state index is 13.8. The van der Waals surface area contributed by atoms with Gasteiger partial charge in [0.05, 0.1) is 32.2 Å². The smallest absolute Gasteiger partial charge is 0.312 e. The van der Waals surface area contributed by atoms with E-state index in [1.807, 2.05) is 13.8 Å². The number of aromatic nitrogens is 2. The average molecular weight is 675 g/mol. The highest BCUT2D eigenvalue weighted by Crippen LogP contribution is 2.36. The number of nitrogens with zero attached hydrogens (tertiary/aromatic N) is 4. The molecule has 0 unspecified atom stereocenters. The number of halogens is 3. The lowest BCUT2D eigenvalue weighted by molar-refractivity contribution is -0.385. The van der Waals surface area contributed by atoms with Crippen LogP contribution in [0.2, 0.25) is 0 Å². The van der Waals surface area contributed by atoms with Gasteiger partial charge in [-0.15, -0.1) is 0 Å². The maximum Gasteiger partial charge on any atom is 0.312 e. The summed E-state index contributed by atoms with van der Waals surface area (Å²) in [5, 5.41) is 18.9. The minimum Gasteiger partial charge on any atom is -0.476 e. The molecule has 3 aromatic carbocycles. The van der Waals surface area contributed by atoms with E-state index in [1.165, 1.54) is 41.2 Å². The van der Waals surface area contributed by atoms with Gasteiger partial charge in [-0.25, -0.2) is 9.37 Å². The van der Waals surface area contributed by atoms with E-state index in [4.69, 9.17) is 4.74 Å². The molecular formula is C27H22Br2FN5O5. The van der Waals surface area contributed by atoms with E-state index in [-0.39, 0.29) is 33.0 Å². The molecule has 0 spiro atoms. The number of fused-ring (bicyclic) bond motifs is 1. The summed E-state index contributed by atoms with van der Waals surface area (Å²) in [5.41, 5.74) is -0.0393. The lowest BCUT2D eigenvalue weighted by Crippen LogP contribution is -2.23. The van der Waals surface area contributed by atoms with Gasteiger partial charge in [-0.1, -0.05) is 41.9 Å². The summed E-state index contributed by atoms with van der Waals surface area (Å²) in [7, 11) is 0. The van der Waals surface area contributed by atoms with E-state index < -0.39 is 28.9 Å². The summed E-state index contributed by atoms with van der Waals surface area (Å²) in [6, 6.07) is 13.5. The number of rotatable bonds is 9. The van der Waals surface area contributed by atoms with Gasteiger partial charge in [0, 0.05) is 22.0 Å². The Balaban J connectivity index is 1.65. The quantitative estimate of drug-likeness (QED) is 0.125. The van der Waals surface area contributed by atoms with E-state index in [9.17, 15) is 24.1 Å². The van der Waals surface area contributed by atoms with Crippen molar-refractivity contribution in [3.05, 3.63) is 101 Å². The highest BCUT2D eigenvalue weighted by molar-refractivity contribution is 9.10. The number of nitrogens with one attached hydrogen (secondary N) is 1. The van der Waals surface area contributed by atoms with Crippen LogP contribution < -0.4 is 15.6 Å². The summed E-state index contributed by atoms with van der Waals surface area (Å²) >= 11 is 6.62. The predicted octanol–water partition coefficient (Wildman–Crippen LogP) is 6.38. The minimum absolute atomic E-state index is 0.0428. The summed E-state index contributed by atoms with van der Waals surface area (Å²) in [5.74, 6) is -1.17. The van der Waals surface area contributed by atoms with Crippen molar-refractivity contribution in [3.8, 4) is 5.75 Å². The minimum atomic E-state index is -0.704. The molecule has 0 saturated heterocycles. The van der Waals surface area contributed by atoms with Gasteiger partial charge < -0.3 is 10.1 Å². The van der Waals surface area contributed by atoms with Gasteiger partial charge in [-0.2, -0.15) is 9.78 Å². The standard InChI is InChI=1S/C27H22Br2FN5O5/c1-3-15(2)26-33-21-9-8-17(28)12-18(21)27(37)34(26)31-13-16-10-19(29)25(23(11-16)35(38)39)40-14-24(36)32-22-7-5-4-6-20(22)30/h4-13,15H,3,14H2,1-2H3,(H,32,36)/t15-/m1/s1. The van der Waals surface area contributed by atoms with Gasteiger partial charge in [-0.3, -0.25) is 19.7 Å². The van der Waals surface area contributed by atoms with Crippen molar-refractivity contribution in [2.24, 2.45) is 5.10 Å². The summed E-state index contributed by atoms with van der Waals surface area (Å²) < 4.78 is 21.3. The summed E-state index contributed by atoms with van der Waals surface area (Å²) in [6.07, 6.45) is 2.02. The Bertz CT molecular complexity index is 1710. The molecule has 10 nitrogen and oxygen atoms in total. The van der Waals surface area contributed by atoms with Crippen molar-refractivity contribution in [3.63, 3.8) is 0 Å². The first kappa shape index (κ1) is 29.0. The summed E-state index contributed by atoms with van der Waals surface area (Å²) in [4.78, 5) is 41.4. The zero-order chi connectivity index (χ0) is 29.0. The SMILES string of the molecule is CC[C@@H](C)c1nc2ccc(Br)cc2c(=O)n1N=Cc1cc(Br)c(OCC(=O)Nc2ccccc2F)c([N+](=O)[O-])c1. The second-order valence-electron chi connectivity index (χ2n) is 8.73. The Kier molecular flexibility index (Phi) is 9.05. The van der Waals surface area contributed by atoms with Crippen molar-refractivity contribution in [2.75, 3.05) is 11.9 Å². The molecule has 1 atom stereocenters. The van der Waals surface area contributed by atoms with E-state index in [0.717, 1.165) is 0 Å². The second kappa shape index (κ2) is 12.5. The molecule has 1 N–H and O–H groups in total. The van der Waals surface area contributed by atoms with Gasteiger partial charge in [0.15, 0.2) is 6.61 Å². The van der Waals surface area contributed by atoms with Gasteiger partial charge in [0.25, 0.3) is 11.5 Å². The van der Waals surface area contributed by atoms with Crippen molar-refractivity contribution in [2.45, 2.75) is 26.2 Å². The number of hydrogen-bond acceptors (Lipinski definition) is 7. The van der Waals surface area contributed by atoms with E-state index in [0.29, 0.717) is 27.6 Å². The van der Waals surface area contributed by atoms with Crippen LogP contribution >= 0.6 is 31.9 Å². The Labute approximate surface area is 244 Å². The summed E-state index contributed by atoms with van der Waals surface area (Å²) in [6.45, 7) is 3.29. The van der Waals surface area contributed by atoms with Crippen LogP contribution in [-0.4, -0.2) is 33.3 Å². The highest BCUT2D eigenvalue weighted by Gasteiger charge is 2.22. The van der Waals surface area contributed by atoms with Crippen LogP contribution in [0.5, 0.6) is 5.75 Å². The Hall–Kier alpha value is -3.97. The number of nitro groups is 1. The molecule has 1 amide bonds. The third-order valence-electron chi connectivity index (χ3n) is 5.95. The van der Waals surface area contributed by atoms with Crippen LogP contribution in [-0.2, 0) is 4.79 Å². The molecule has 0 aliphatic rings. The van der Waals surface area contributed by atoms with Crippen LogP contribution in [0.25, 0.3) is 10.9 Å². The number of anilines is 1. The number of carbonyl (C=O) groups is 1. The fourth-order valence-corrected chi connectivity index (χ4v) is 4.69. The Morgan fingerprint density at radius 1 is 1.25 bits per heavy atom. The topological polar surface area (TPSA) is 129 Å². The second-order valence-corrected chi connectivity index (χ2v) is 10.5. The van der Waals surface area contributed by atoms with Crippen LogP contribution in [0.4, 0.5) is 15.8 Å². The lowest BCUT2D eigenvalue weighted by atomic mass is 10.1. The molecule has 13 heteroatoms. The molecule has 0 aliphatic heterocycles. The van der Waals surface area contributed by atoms with E-state index in [2.05, 4.69) is 47.3 Å². The zero-order valence-corrected chi connectivity index (χ0v) is 24.4. The van der Waals surface area contributed by atoms with Crippen LogP contribution in [0.1, 0.15) is 37.6 Å². The van der Waals surface area contributed by atoms with Gasteiger partial charge in [0.1, 0.15) is 11.6 Å². The van der Waals surface area contributed by atoms with Crippen LogP contribution in [0.15, 0.2) is 73.4 Å². The number of hydrogen-bond donors (Lipinski definition) is 1. The average Bonchev–Trinajstić information content (AvgIpc) is 2.92. The largest absolute Gasteiger partial charge is 0.476 e. The van der Waals surface area contributed by atoms with Gasteiger partial charge in [0.2, 0.25) is 5.75 Å². The fraction of sp³-hybridized carbons (Fsp3) is 0.185. The molecule has 0 aliphatic carbocycles. The molecule has 4 rings (SSSR count). The fourth-order valence-electron chi connectivity index (χ4n) is 3.74. The lowest BCUT2D eigenvalue weighted by Gasteiger charge is -2.14. The number of para-hydroxylation sites is 1. The first-order valence-electron chi connectivity index (χ1n) is 12.0.